The summed E-state index contributed by atoms with van der Waals surface area (Å²) in [6.07, 6.45) is 0. The minimum atomic E-state index is 0. The highest BCUT2D eigenvalue weighted by Gasteiger charge is 2.11. The number of aliphatic hydroxyl groups excluding tert-OH is 1. The summed E-state index contributed by atoms with van der Waals surface area (Å²) in [5, 5.41) is 16.8. The second-order valence-corrected chi connectivity index (χ2v) is 5.99. The van der Waals surface area contributed by atoms with Crippen LogP contribution in [0, 0.1) is 0 Å². The lowest BCUT2D eigenvalue weighted by Gasteiger charge is -2.18. The molecule has 0 heterocycles. The summed E-state index contributed by atoms with van der Waals surface area (Å²) in [5.41, 5.74) is 2.07. The fourth-order valence-corrected chi connectivity index (χ4v) is 2.66. The highest BCUT2D eigenvalue weighted by Crippen LogP contribution is 2.22. The van der Waals surface area contributed by atoms with Crippen molar-refractivity contribution in [3.05, 3.63) is 64.7 Å². The van der Waals surface area contributed by atoms with E-state index in [2.05, 4.69) is 15.6 Å². The summed E-state index contributed by atoms with van der Waals surface area (Å²) in [4.78, 5) is 4.22. The molecule has 0 aliphatic rings. The number of aliphatic imine (C=N–C) groups is 1. The van der Waals surface area contributed by atoms with Gasteiger partial charge in [0.1, 0.15) is 5.75 Å². The van der Waals surface area contributed by atoms with E-state index in [1.807, 2.05) is 42.5 Å². The topological polar surface area (TPSA) is 65.9 Å². The monoisotopic (exact) mass is 489 g/mol. The van der Waals surface area contributed by atoms with Crippen LogP contribution in [0.15, 0.2) is 53.5 Å². The van der Waals surface area contributed by atoms with Gasteiger partial charge in [0.05, 0.1) is 13.7 Å². The number of halogens is 2. The van der Waals surface area contributed by atoms with Crippen LogP contribution < -0.4 is 15.4 Å². The molecule has 0 radical (unpaired) electrons. The molecular weight excluding hydrogens is 465 g/mol. The van der Waals surface area contributed by atoms with Crippen molar-refractivity contribution in [2.75, 3.05) is 27.3 Å². The van der Waals surface area contributed by atoms with Gasteiger partial charge in [0.2, 0.25) is 0 Å². The van der Waals surface area contributed by atoms with Crippen LogP contribution >= 0.6 is 35.6 Å². The average Bonchev–Trinajstić information content (AvgIpc) is 2.66. The Morgan fingerprint density at radius 2 is 1.92 bits per heavy atom. The molecule has 2 rings (SSSR count). The Balaban J connectivity index is 0.00000338. The Morgan fingerprint density at radius 1 is 1.19 bits per heavy atom. The highest BCUT2D eigenvalue weighted by molar-refractivity contribution is 14.0. The molecule has 1 unspecified atom stereocenters. The van der Waals surface area contributed by atoms with Crippen molar-refractivity contribution in [2.24, 2.45) is 4.99 Å². The Hall–Kier alpha value is -1.51. The number of benzene rings is 2. The molecule has 5 nitrogen and oxygen atoms in total. The van der Waals surface area contributed by atoms with Gasteiger partial charge in [-0.05, 0) is 17.7 Å². The maximum Gasteiger partial charge on any atom is 0.191 e. The first kappa shape index (κ1) is 22.5. The third kappa shape index (κ3) is 6.66. The number of nitrogens with one attached hydrogen (secondary N) is 2. The minimum absolute atomic E-state index is 0. The Bertz CT molecular complexity index is 698. The molecule has 0 bridgehead atoms. The Kier molecular flexibility index (Phi) is 10.4. The van der Waals surface area contributed by atoms with E-state index in [0.717, 1.165) is 16.9 Å². The molecule has 0 saturated heterocycles. The van der Waals surface area contributed by atoms with Crippen LogP contribution in [0.3, 0.4) is 0 Å². The lowest BCUT2D eigenvalue weighted by atomic mass is 10.0. The van der Waals surface area contributed by atoms with Crippen molar-refractivity contribution in [1.82, 2.24) is 10.6 Å². The molecule has 0 saturated carbocycles. The summed E-state index contributed by atoms with van der Waals surface area (Å²) in [7, 11) is 3.33. The number of aliphatic hydroxyl groups is 1. The van der Waals surface area contributed by atoms with Crippen LogP contribution in [0.2, 0.25) is 5.02 Å². The van der Waals surface area contributed by atoms with Crippen molar-refractivity contribution < 1.29 is 9.84 Å². The smallest absolute Gasteiger partial charge is 0.191 e. The Labute approximate surface area is 176 Å². The predicted molar refractivity (Wildman–Crippen MR) is 118 cm³/mol. The van der Waals surface area contributed by atoms with Crippen molar-refractivity contribution >= 4 is 41.5 Å². The van der Waals surface area contributed by atoms with Gasteiger partial charge >= 0.3 is 0 Å². The normalized spacial score (nSPS) is 12.1. The fourth-order valence-electron chi connectivity index (χ4n) is 2.50. The van der Waals surface area contributed by atoms with Crippen molar-refractivity contribution in [3.8, 4) is 5.75 Å². The van der Waals surface area contributed by atoms with Crippen LogP contribution in [0.5, 0.6) is 5.75 Å². The number of guanidine groups is 1. The van der Waals surface area contributed by atoms with E-state index in [9.17, 15) is 5.11 Å². The zero-order chi connectivity index (χ0) is 18.1. The van der Waals surface area contributed by atoms with Crippen molar-refractivity contribution in [2.45, 2.75) is 12.5 Å². The third-order valence-corrected chi connectivity index (χ3v) is 4.16. The second-order valence-electron chi connectivity index (χ2n) is 5.55. The van der Waals surface area contributed by atoms with Gasteiger partial charge < -0.3 is 20.5 Å². The van der Waals surface area contributed by atoms with E-state index in [1.165, 1.54) is 0 Å². The average molecular weight is 490 g/mol. The number of nitrogens with zero attached hydrogens (tertiary/aromatic N) is 1. The largest absolute Gasteiger partial charge is 0.496 e. The molecule has 0 amide bonds. The van der Waals surface area contributed by atoms with E-state index in [1.54, 1.807) is 20.2 Å². The van der Waals surface area contributed by atoms with Gasteiger partial charge in [-0.3, -0.25) is 4.99 Å². The van der Waals surface area contributed by atoms with Gasteiger partial charge in [-0.2, -0.15) is 0 Å². The first-order valence-electron chi connectivity index (χ1n) is 8.10. The number of rotatable bonds is 7. The summed E-state index contributed by atoms with van der Waals surface area (Å²) in [6, 6.07) is 15.5. The summed E-state index contributed by atoms with van der Waals surface area (Å²) >= 11 is 5.98. The van der Waals surface area contributed by atoms with Gasteiger partial charge in [0.25, 0.3) is 0 Å². The molecule has 7 heteroatoms. The lowest BCUT2D eigenvalue weighted by Crippen LogP contribution is -2.39. The van der Waals surface area contributed by atoms with E-state index < -0.39 is 0 Å². The third-order valence-electron chi connectivity index (χ3n) is 3.93. The molecular formula is C19H25ClIN3O2. The molecule has 142 valence electrons. The van der Waals surface area contributed by atoms with E-state index in [4.69, 9.17) is 16.3 Å². The maximum atomic E-state index is 9.64. The fraction of sp³-hybridized carbons (Fsp3) is 0.316. The standard InChI is InChI=1S/C19H24ClN3O2.HI/c1-21-19(22-11-15-8-9-17(20)10-18(15)25-2)23-12-16(13-24)14-6-4-3-5-7-14;/h3-10,16,24H,11-13H2,1-2H3,(H2,21,22,23);1H. The van der Waals surface area contributed by atoms with Crippen molar-refractivity contribution in [3.63, 3.8) is 0 Å². The molecule has 26 heavy (non-hydrogen) atoms. The SMILES string of the molecule is CN=C(NCc1ccc(Cl)cc1OC)NCC(CO)c1ccccc1.I. The van der Waals surface area contributed by atoms with E-state index >= 15 is 0 Å². The highest BCUT2D eigenvalue weighted by atomic mass is 127. The van der Waals surface area contributed by atoms with Gasteiger partial charge in [-0.25, -0.2) is 0 Å². The predicted octanol–water partition coefficient (Wildman–Crippen LogP) is 3.41. The van der Waals surface area contributed by atoms with Gasteiger partial charge in [-0.1, -0.05) is 48.0 Å². The van der Waals surface area contributed by atoms with Gasteiger partial charge in [-0.15, -0.1) is 24.0 Å². The number of hydrogen-bond acceptors (Lipinski definition) is 3. The molecule has 0 aliphatic carbocycles. The van der Waals surface area contributed by atoms with Crippen LogP contribution in [-0.2, 0) is 6.54 Å². The Morgan fingerprint density at radius 3 is 2.54 bits per heavy atom. The molecule has 3 N–H and O–H groups in total. The van der Waals surface area contributed by atoms with Gasteiger partial charge in [0, 0.05) is 36.6 Å². The molecule has 0 aliphatic heterocycles. The summed E-state index contributed by atoms with van der Waals surface area (Å²) < 4.78 is 5.35. The zero-order valence-electron chi connectivity index (χ0n) is 14.9. The molecule has 1 atom stereocenters. The van der Waals surface area contributed by atoms with Crippen LogP contribution in [0.25, 0.3) is 0 Å². The van der Waals surface area contributed by atoms with Gasteiger partial charge in [0.15, 0.2) is 5.96 Å². The quantitative estimate of drug-likeness (QED) is 0.317. The summed E-state index contributed by atoms with van der Waals surface area (Å²) in [6.45, 7) is 1.20. The minimum Gasteiger partial charge on any atom is -0.496 e. The first-order valence-corrected chi connectivity index (χ1v) is 8.48. The van der Waals surface area contributed by atoms with Crippen LogP contribution in [-0.4, -0.2) is 38.4 Å². The van der Waals surface area contributed by atoms with Crippen LogP contribution in [0.4, 0.5) is 0 Å². The zero-order valence-corrected chi connectivity index (χ0v) is 18.0. The maximum absolute atomic E-state index is 9.64. The number of ether oxygens (including phenoxy) is 1. The number of methoxy groups -OCH3 is 1. The molecule has 2 aromatic rings. The van der Waals surface area contributed by atoms with E-state index in [0.29, 0.717) is 24.1 Å². The second kappa shape index (κ2) is 12.0. The number of hydrogen-bond donors (Lipinski definition) is 3. The van der Waals surface area contributed by atoms with Crippen LogP contribution in [0.1, 0.15) is 17.0 Å². The first-order chi connectivity index (χ1) is 12.2. The van der Waals surface area contributed by atoms with E-state index in [-0.39, 0.29) is 36.5 Å². The molecule has 2 aromatic carbocycles. The molecule has 0 fully saturated rings. The molecule has 0 aromatic heterocycles. The summed E-state index contributed by atoms with van der Waals surface area (Å²) in [5.74, 6) is 1.39. The molecule has 0 spiro atoms. The van der Waals surface area contributed by atoms with Crippen molar-refractivity contribution in [1.29, 1.82) is 0 Å². The lowest BCUT2D eigenvalue weighted by molar-refractivity contribution is 0.265.